The fourth-order valence-corrected chi connectivity index (χ4v) is 5.10. The third kappa shape index (κ3) is 4.61. The van der Waals surface area contributed by atoms with Crippen LogP contribution in [0.15, 0.2) is 30.6 Å². The summed E-state index contributed by atoms with van der Waals surface area (Å²) in [6.45, 7) is -0.973. The number of nitrogens with two attached hydrogens (primary N) is 1. The Morgan fingerprint density at radius 1 is 1.24 bits per heavy atom. The molecule has 2 aromatic rings. The summed E-state index contributed by atoms with van der Waals surface area (Å²) in [6, 6.07) is 6.85. The van der Waals surface area contributed by atoms with Gasteiger partial charge in [0, 0.05) is 23.3 Å². The van der Waals surface area contributed by atoms with E-state index in [4.69, 9.17) is 17.3 Å². The first-order chi connectivity index (χ1) is 16.0. The standard InChI is InChI=1S/C22H23ClF3N5O3/c23-13-2-1-3-15(10-13)30-9-8-21(20(30)34)6-4-14(5-7-21)31-12-29-16(17(31)18(27)32)19(33)28-11-22(24,25)26/h1-3,10,12,14H,4-9,11H2,(H2,27,32)(H,28,33). The Hall–Kier alpha value is -3.08. The molecular weight excluding hydrogens is 475 g/mol. The Morgan fingerprint density at radius 3 is 2.56 bits per heavy atom. The zero-order chi connectivity index (χ0) is 24.7. The van der Waals surface area contributed by atoms with Crippen molar-refractivity contribution < 1.29 is 27.6 Å². The number of hydrogen-bond donors (Lipinski definition) is 2. The van der Waals surface area contributed by atoms with Gasteiger partial charge in [-0.3, -0.25) is 14.4 Å². The van der Waals surface area contributed by atoms with Crippen LogP contribution in [0.3, 0.4) is 0 Å². The van der Waals surface area contributed by atoms with E-state index in [9.17, 15) is 27.6 Å². The molecule has 1 aromatic heterocycles. The molecule has 1 saturated carbocycles. The van der Waals surface area contributed by atoms with Crippen LogP contribution >= 0.6 is 11.6 Å². The van der Waals surface area contributed by atoms with Crippen molar-refractivity contribution in [3.05, 3.63) is 47.0 Å². The van der Waals surface area contributed by atoms with E-state index >= 15 is 0 Å². The maximum absolute atomic E-state index is 13.3. The van der Waals surface area contributed by atoms with Gasteiger partial charge in [-0.25, -0.2) is 4.98 Å². The molecule has 12 heteroatoms. The molecule has 3 N–H and O–H groups in total. The number of carbonyl (C=O) groups excluding carboxylic acids is 3. The first-order valence-electron chi connectivity index (χ1n) is 10.8. The average molecular weight is 498 g/mol. The largest absolute Gasteiger partial charge is 0.405 e. The number of nitrogens with zero attached hydrogens (tertiary/aromatic N) is 3. The number of primary amides is 1. The highest BCUT2D eigenvalue weighted by atomic mass is 35.5. The summed E-state index contributed by atoms with van der Waals surface area (Å²) in [5, 5.41) is 2.26. The van der Waals surface area contributed by atoms with Crippen LogP contribution in [0.4, 0.5) is 18.9 Å². The van der Waals surface area contributed by atoms with E-state index in [1.165, 1.54) is 10.9 Å². The van der Waals surface area contributed by atoms with Crippen molar-refractivity contribution in [2.75, 3.05) is 18.0 Å². The lowest BCUT2D eigenvalue weighted by molar-refractivity contribution is -0.127. The highest BCUT2D eigenvalue weighted by Gasteiger charge is 2.49. The van der Waals surface area contributed by atoms with E-state index in [0.29, 0.717) is 43.7 Å². The van der Waals surface area contributed by atoms with Crippen molar-refractivity contribution in [1.82, 2.24) is 14.9 Å². The second-order valence-electron chi connectivity index (χ2n) is 8.71. The molecule has 8 nitrogen and oxygen atoms in total. The number of aromatic nitrogens is 2. The van der Waals surface area contributed by atoms with Crippen LogP contribution in [0.1, 0.15) is 59.1 Å². The van der Waals surface area contributed by atoms with Crippen molar-refractivity contribution >= 4 is 35.0 Å². The van der Waals surface area contributed by atoms with E-state index in [0.717, 1.165) is 5.69 Å². The minimum atomic E-state index is -4.60. The van der Waals surface area contributed by atoms with Crippen LogP contribution < -0.4 is 16.0 Å². The summed E-state index contributed by atoms with van der Waals surface area (Å²) < 4.78 is 38.8. The minimum Gasteiger partial charge on any atom is -0.364 e. The predicted molar refractivity (Wildman–Crippen MR) is 117 cm³/mol. The molecule has 1 aromatic carbocycles. The van der Waals surface area contributed by atoms with Crippen molar-refractivity contribution in [2.24, 2.45) is 11.1 Å². The van der Waals surface area contributed by atoms with E-state index in [-0.39, 0.29) is 17.6 Å². The SMILES string of the molecule is NC(=O)c1c(C(=O)NCC(F)(F)F)ncn1C1CCC2(CC1)CCN(c1cccc(Cl)c1)C2=O. The summed E-state index contributed by atoms with van der Waals surface area (Å²) in [5.74, 6) is -2.06. The van der Waals surface area contributed by atoms with Gasteiger partial charge in [0.15, 0.2) is 5.69 Å². The predicted octanol–water partition coefficient (Wildman–Crippen LogP) is 3.47. The lowest BCUT2D eigenvalue weighted by atomic mass is 9.71. The third-order valence-corrected chi connectivity index (χ3v) is 6.86. The van der Waals surface area contributed by atoms with Gasteiger partial charge in [-0.15, -0.1) is 0 Å². The molecule has 2 aliphatic rings. The number of benzene rings is 1. The highest BCUT2D eigenvalue weighted by molar-refractivity contribution is 6.31. The van der Waals surface area contributed by atoms with Gasteiger partial charge in [-0.05, 0) is 50.3 Å². The Balaban J connectivity index is 1.48. The second-order valence-corrected chi connectivity index (χ2v) is 9.15. The smallest absolute Gasteiger partial charge is 0.364 e. The number of halogens is 4. The normalized spacial score (nSPS) is 22.9. The van der Waals surface area contributed by atoms with Gasteiger partial charge in [-0.1, -0.05) is 17.7 Å². The molecule has 2 fully saturated rings. The average Bonchev–Trinajstić information content (AvgIpc) is 3.35. The lowest BCUT2D eigenvalue weighted by Gasteiger charge is -2.36. The molecule has 0 atom stereocenters. The lowest BCUT2D eigenvalue weighted by Crippen LogP contribution is -2.38. The van der Waals surface area contributed by atoms with Crippen molar-refractivity contribution in [3.63, 3.8) is 0 Å². The molecular formula is C22H23ClF3N5O3. The number of carbonyl (C=O) groups is 3. The fraction of sp³-hybridized carbons (Fsp3) is 0.455. The number of anilines is 1. The fourth-order valence-electron chi connectivity index (χ4n) is 4.92. The molecule has 1 saturated heterocycles. The third-order valence-electron chi connectivity index (χ3n) is 6.63. The number of hydrogen-bond acceptors (Lipinski definition) is 4. The number of rotatable bonds is 5. The van der Waals surface area contributed by atoms with E-state index in [1.54, 1.807) is 28.4 Å². The van der Waals surface area contributed by atoms with Gasteiger partial charge in [0.2, 0.25) is 5.91 Å². The summed E-state index contributed by atoms with van der Waals surface area (Å²) in [5.41, 5.74) is 4.98. The van der Waals surface area contributed by atoms with Crippen molar-refractivity contribution in [3.8, 4) is 0 Å². The van der Waals surface area contributed by atoms with Gasteiger partial charge in [0.1, 0.15) is 12.2 Å². The number of alkyl halides is 3. The molecule has 0 unspecified atom stereocenters. The van der Waals surface area contributed by atoms with Gasteiger partial charge >= 0.3 is 6.18 Å². The van der Waals surface area contributed by atoms with Gasteiger partial charge in [0.25, 0.3) is 11.8 Å². The summed E-state index contributed by atoms with van der Waals surface area (Å²) in [7, 11) is 0. The summed E-state index contributed by atoms with van der Waals surface area (Å²) in [4.78, 5) is 43.2. The Labute approximate surface area is 198 Å². The van der Waals surface area contributed by atoms with E-state index < -0.39 is 35.6 Å². The van der Waals surface area contributed by atoms with Crippen molar-refractivity contribution in [1.29, 1.82) is 0 Å². The molecule has 182 valence electrons. The number of nitrogens with one attached hydrogen (secondary N) is 1. The highest BCUT2D eigenvalue weighted by Crippen LogP contribution is 2.49. The van der Waals surface area contributed by atoms with Crippen molar-refractivity contribution in [2.45, 2.75) is 44.3 Å². The first-order valence-corrected chi connectivity index (χ1v) is 11.2. The maximum Gasteiger partial charge on any atom is 0.405 e. The monoisotopic (exact) mass is 497 g/mol. The molecule has 3 amide bonds. The quantitative estimate of drug-likeness (QED) is 0.659. The molecule has 0 radical (unpaired) electrons. The molecule has 1 spiro atoms. The van der Waals surface area contributed by atoms with Crippen LogP contribution in [-0.4, -0.2) is 46.5 Å². The molecule has 1 aliphatic carbocycles. The van der Waals surface area contributed by atoms with Gasteiger partial charge in [-0.2, -0.15) is 13.2 Å². The molecule has 2 heterocycles. The molecule has 0 bridgehead atoms. The van der Waals surface area contributed by atoms with E-state index in [1.807, 2.05) is 6.07 Å². The van der Waals surface area contributed by atoms with E-state index in [2.05, 4.69) is 4.98 Å². The zero-order valence-electron chi connectivity index (χ0n) is 18.1. The molecule has 1 aliphatic heterocycles. The number of imidazole rings is 1. The Kier molecular flexibility index (Phi) is 6.32. The molecule has 4 rings (SSSR count). The van der Waals surface area contributed by atoms with Crippen LogP contribution in [-0.2, 0) is 4.79 Å². The zero-order valence-corrected chi connectivity index (χ0v) is 18.8. The van der Waals surface area contributed by atoms with Gasteiger partial charge in [0.05, 0.1) is 11.7 Å². The van der Waals surface area contributed by atoms with Crippen LogP contribution in [0.25, 0.3) is 0 Å². The van der Waals surface area contributed by atoms with Crippen LogP contribution in [0.5, 0.6) is 0 Å². The van der Waals surface area contributed by atoms with Crippen LogP contribution in [0, 0.1) is 5.41 Å². The van der Waals surface area contributed by atoms with Gasteiger partial charge < -0.3 is 20.5 Å². The number of amides is 3. The minimum absolute atomic E-state index is 0.0289. The maximum atomic E-state index is 13.3. The molecule has 34 heavy (non-hydrogen) atoms. The summed E-state index contributed by atoms with van der Waals surface area (Å²) in [6.07, 6.45) is -0.512. The second kappa shape index (κ2) is 8.94. The topological polar surface area (TPSA) is 110 Å². The first kappa shape index (κ1) is 24.1. The summed E-state index contributed by atoms with van der Waals surface area (Å²) >= 11 is 6.07. The van der Waals surface area contributed by atoms with Crippen LogP contribution in [0.2, 0.25) is 5.02 Å². The Bertz CT molecular complexity index is 1130. The Morgan fingerprint density at radius 2 is 1.94 bits per heavy atom.